The Hall–Kier alpha value is -1.42. The second kappa shape index (κ2) is 10.4. The van der Waals surface area contributed by atoms with Crippen molar-refractivity contribution in [3.05, 3.63) is 24.3 Å². The molecule has 0 aliphatic heterocycles. The third kappa shape index (κ3) is 6.69. The molecule has 0 amide bonds. The fraction of sp³-hybridized carbons (Fsp3) is 0.600. The van der Waals surface area contributed by atoms with Crippen LogP contribution in [0, 0.1) is 0 Å². The van der Waals surface area contributed by atoms with E-state index in [9.17, 15) is 20.4 Å². The molecule has 0 aliphatic carbocycles. The zero-order chi connectivity index (χ0) is 17.2. The van der Waals surface area contributed by atoms with Gasteiger partial charge in [-0.3, -0.25) is 0 Å². The number of aliphatic hydroxyl groups excluding tert-OH is 3. The minimum absolute atomic E-state index is 0.0829. The van der Waals surface area contributed by atoms with Crippen LogP contribution >= 0.6 is 0 Å². The fourth-order valence-electron chi connectivity index (χ4n) is 1.78. The normalized spacial score (nSPS) is 16.6. The highest BCUT2D eigenvalue weighted by Gasteiger charge is 2.29. The van der Waals surface area contributed by atoms with E-state index >= 15 is 0 Å². The maximum absolute atomic E-state index is 9.56. The number of nitrogens with two attached hydrogens (primary N) is 1. The summed E-state index contributed by atoms with van der Waals surface area (Å²) in [6, 6.07) is 5.92. The van der Waals surface area contributed by atoms with Crippen molar-refractivity contribution in [3.8, 4) is 11.5 Å². The molecule has 1 rings (SSSR count). The van der Waals surface area contributed by atoms with Gasteiger partial charge in [0.2, 0.25) is 0 Å². The Morgan fingerprint density at radius 2 is 1.70 bits per heavy atom. The smallest absolute Gasteiger partial charge is 0.197 e. The Morgan fingerprint density at radius 3 is 2.17 bits per heavy atom. The molecule has 0 aromatic heterocycles. The lowest BCUT2D eigenvalue weighted by Crippen LogP contribution is -2.45. The van der Waals surface area contributed by atoms with Crippen molar-refractivity contribution in [3.63, 3.8) is 0 Å². The number of phenols is 1. The standard InChI is InChI=1S/C15H25NO7/c1-10(19)13(8-17)23-15(21-7-6-16)14(9-18)22-12-4-2-11(20)3-5-12/h2-5,10,13-15,17-20H,6-9,16H2,1H3. The van der Waals surface area contributed by atoms with Crippen molar-refractivity contribution in [1.29, 1.82) is 0 Å². The van der Waals surface area contributed by atoms with Crippen LogP contribution in [0.15, 0.2) is 24.3 Å². The molecule has 1 aromatic rings. The molecule has 6 N–H and O–H groups in total. The molecule has 0 spiro atoms. The molecule has 0 saturated heterocycles. The van der Waals surface area contributed by atoms with Crippen LogP contribution in [-0.4, -0.2) is 71.4 Å². The van der Waals surface area contributed by atoms with Gasteiger partial charge < -0.3 is 40.4 Å². The summed E-state index contributed by atoms with van der Waals surface area (Å²) in [7, 11) is 0. The molecule has 8 heteroatoms. The van der Waals surface area contributed by atoms with E-state index in [0.717, 1.165) is 0 Å². The van der Waals surface area contributed by atoms with Crippen LogP contribution in [0.25, 0.3) is 0 Å². The highest BCUT2D eigenvalue weighted by atomic mass is 16.7. The predicted molar refractivity (Wildman–Crippen MR) is 82.0 cm³/mol. The number of phenolic OH excluding ortho intramolecular Hbond substituents is 1. The van der Waals surface area contributed by atoms with E-state index in [4.69, 9.17) is 19.9 Å². The molecule has 8 nitrogen and oxygen atoms in total. The molecule has 0 fully saturated rings. The van der Waals surface area contributed by atoms with Crippen molar-refractivity contribution in [2.75, 3.05) is 26.4 Å². The lowest BCUT2D eigenvalue weighted by molar-refractivity contribution is -0.234. The molecule has 0 heterocycles. The van der Waals surface area contributed by atoms with E-state index in [1.165, 1.54) is 31.2 Å². The van der Waals surface area contributed by atoms with Gasteiger partial charge >= 0.3 is 0 Å². The van der Waals surface area contributed by atoms with Gasteiger partial charge in [-0.05, 0) is 31.2 Å². The van der Waals surface area contributed by atoms with Gasteiger partial charge in [-0.1, -0.05) is 0 Å². The van der Waals surface area contributed by atoms with Gasteiger partial charge in [0.25, 0.3) is 0 Å². The van der Waals surface area contributed by atoms with Gasteiger partial charge in [-0.2, -0.15) is 0 Å². The monoisotopic (exact) mass is 331 g/mol. The summed E-state index contributed by atoms with van der Waals surface area (Å²) >= 11 is 0. The SMILES string of the molecule is CC(O)C(CO)OC(OCCN)C(CO)Oc1ccc(O)cc1. The molecule has 4 atom stereocenters. The van der Waals surface area contributed by atoms with E-state index in [1.807, 2.05) is 0 Å². The average molecular weight is 331 g/mol. The van der Waals surface area contributed by atoms with Crippen molar-refractivity contribution in [2.45, 2.75) is 31.5 Å². The Morgan fingerprint density at radius 1 is 1.09 bits per heavy atom. The summed E-state index contributed by atoms with van der Waals surface area (Å²) in [5.74, 6) is 0.476. The lowest BCUT2D eigenvalue weighted by atomic mass is 10.2. The second-order valence-electron chi connectivity index (χ2n) is 4.96. The van der Waals surface area contributed by atoms with Crippen LogP contribution < -0.4 is 10.5 Å². The molecular weight excluding hydrogens is 306 g/mol. The van der Waals surface area contributed by atoms with E-state index in [2.05, 4.69) is 0 Å². The predicted octanol–water partition coefficient (Wildman–Crippen LogP) is -0.808. The number of hydrogen-bond acceptors (Lipinski definition) is 8. The number of ether oxygens (including phenoxy) is 3. The fourth-order valence-corrected chi connectivity index (χ4v) is 1.78. The Bertz CT molecular complexity index is 426. The van der Waals surface area contributed by atoms with Crippen LogP contribution in [0.1, 0.15) is 6.92 Å². The van der Waals surface area contributed by atoms with Crippen molar-refractivity contribution in [2.24, 2.45) is 5.73 Å². The molecule has 132 valence electrons. The van der Waals surface area contributed by atoms with E-state index < -0.39 is 37.8 Å². The summed E-state index contributed by atoms with van der Waals surface area (Å²) in [4.78, 5) is 0. The van der Waals surface area contributed by atoms with E-state index in [0.29, 0.717) is 5.75 Å². The summed E-state index contributed by atoms with van der Waals surface area (Å²) < 4.78 is 16.5. The minimum atomic E-state index is -1.04. The summed E-state index contributed by atoms with van der Waals surface area (Å²) in [6.07, 6.45) is -3.77. The number of rotatable bonds is 11. The highest BCUT2D eigenvalue weighted by Crippen LogP contribution is 2.20. The second-order valence-corrected chi connectivity index (χ2v) is 4.96. The topological polar surface area (TPSA) is 135 Å². The third-order valence-electron chi connectivity index (χ3n) is 3.03. The van der Waals surface area contributed by atoms with Gasteiger partial charge in [0.1, 0.15) is 17.6 Å². The Kier molecular flexibility index (Phi) is 8.85. The van der Waals surface area contributed by atoms with Gasteiger partial charge in [0.15, 0.2) is 12.4 Å². The number of aromatic hydroxyl groups is 1. The number of aliphatic hydroxyl groups is 3. The van der Waals surface area contributed by atoms with E-state index in [-0.39, 0.29) is 18.9 Å². The van der Waals surface area contributed by atoms with Crippen LogP contribution in [0.2, 0.25) is 0 Å². The quantitative estimate of drug-likeness (QED) is 0.332. The van der Waals surface area contributed by atoms with Crippen LogP contribution in [-0.2, 0) is 9.47 Å². The molecule has 0 aliphatic rings. The number of hydrogen-bond donors (Lipinski definition) is 5. The molecule has 0 bridgehead atoms. The Labute approximate surface area is 135 Å². The summed E-state index contributed by atoms with van der Waals surface area (Å²) in [5.41, 5.74) is 5.40. The van der Waals surface area contributed by atoms with Crippen LogP contribution in [0.3, 0.4) is 0 Å². The third-order valence-corrected chi connectivity index (χ3v) is 3.03. The summed E-state index contributed by atoms with van der Waals surface area (Å²) in [6.45, 7) is 1.01. The van der Waals surface area contributed by atoms with E-state index in [1.54, 1.807) is 0 Å². The van der Waals surface area contributed by atoms with Crippen LogP contribution in [0.4, 0.5) is 0 Å². The zero-order valence-electron chi connectivity index (χ0n) is 13.0. The van der Waals surface area contributed by atoms with Gasteiger partial charge in [-0.15, -0.1) is 0 Å². The molecule has 1 aromatic carbocycles. The van der Waals surface area contributed by atoms with Crippen molar-refractivity contribution >= 4 is 0 Å². The zero-order valence-corrected chi connectivity index (χ0v) is 13.0. The largest absolute Gasteiger partial charge is 0.508 e. The first-order valence-corrected chi connectivity index (χ1v) is 7.34. The molecular formula is C15H25NO7. The maximum Gasteiger partial charge on any atom is 0.197 e. The number of benzene rings is 1. The van der Waals surface area contributed by atoms with Gasteiger partial charge in [0.05, 0.1) is 25.9 Å². The van der Waals surface area contributed by atoms with Crippen LogP contribution in [0.5, 0.6) is 11.5 Å². The van der Waals surface area contributed by atoms with Gasteiger partial charge in [-0.25, -0.2) is 0 Å². The first-order valence-electron chi connectivity index (χ1n) is 7.34. The Balaban J connectivity index is 2.80. The lowest BCUT2D eigenvalue weighted by Gasteiger charge is -2.30. The molecule has 0 radical (unpaired) electrons. The van der Waals surface area contributed by atoms with Gasteiger partial charge in [0, 0.05) is 6.54 Å². The first kappa shape index (κ1) is 19.6. The minimum Gasteiger partial charge on any atom is -0.508 e. The average Bonchev–Trinajstić information content (AvgIpc) is 2.54. The molecule has 23 heavy (non-hydrogen) atoms. The first-order chi connectivity index (χ1) is 11.0. The summed E-state index contributed by atoms with van der Waals surface area (Å²) in [5, 5.41) is 37.6. The molecule has 0 saturated carbocycles. The van der Waals surface area contributed by atoms with Crippen molar-refractivity contribution in [1.82, 2.24) is 0 Å². The molecule has 4 unspecified atom stereocenters. The highest BCUT2D eigenvalue weighted by molar-refractivity contribution is 5.30. The van der Waals surface area contributed by atoms with Crippen molar-refractivity contribution < 1.29 is 34.6 Å². The maximum atomic E-state index is 9.56.